The molecule has 5 heterocycles. The summed E-state index contributed by atoms with van der Waals surface area (Å²) in [5.41, 5.74) is 5.05. The van der Waals surface area contributed by atoms with Crippen molar-refractivity contribution in [3.63, 3.8) is 0 Å². The molecule has 3 aromatic heterocycles. The second kappa shape index (κ2) is 8.67. The fourth-order valence-corrected chi connectivity index (χ4v) is 4.64. The number of nitrogens with one attached hydrogen (secondary N) is 1. The number of aromatic amines is 1. The third-order valence-electron chi connectivity index (χ3n) is 6.42. The van der Waals surface area contributed by atoms with Crippen LogP contribution in [-0.4, -0.2) is 44.7 Å². The number of imidazole rings is 1. The third-order valence-corrected chi connectivity index (χ3v) is 6.42. The molecular formula is C26H25N5O2. The number of benzene rings is 1. The first-order chi connectivity index (χ1) is 16.3. The number of pyridine rings is 2. The molecular weight excluding hydrogens is 414 g/mol. The number of hydrogen-bond acceptors (Lipinski definition) is 6. The molecule has 1 N–H and O–H groups in total. The molecule has 0 radical (unpaired) electrons. The number of likely N-dealkylation sites (tertiary alicyclic amines) is 1. The lowest BCUT2D eigenvalue weighted by molar-refractivity contribution is 0.174. The molecule has 0 saturated carbocycles. The van der Waals surface area contributed by atoms with Crippen LogP contribution < -0.4 is 9.47 Å². The highest BCUT2D eigenvalue weighted by Crippen LogP contribution is 2.39. The Morgan fingerprint density at radius 3 is 2.61 bits per heavy atom. The zero-order valence-electron chi connectivity index (χ0n) is 18.3. The van der Waals surface area contributed by atoms with Crippen molar-refractivity contribution in [1.29, 1.82) is 0 Å². The van der Waals surface area contributed by atoms with Gasteiger partial charge in [-0.05, 0) is 74.0 Å². The number of fused-ring (bicyclic) bond motifs is 1. The van der Waals surface area contributed by atoms with Gasteiger partial charge in [-0.1, -0.05) is 6.07 Å². The van der Waals surface area contributed by atoms with Gasteiger partial charge in [0, 0.05) is 36.6 Å². The smallest absolute Gasteiger partial charge is 0.231 e. The Balaban J connectivity index is 1.27. The molecule has 166 valence electrons. The van der Waals surface area contributed by atoms with Gasteiger partial charge < -0.3 is 14.5 Å². The first kappa shape index (κ1) is 19.9. The van der Waals surface area contributed by atoms with Gasteiger partial charge in [0.25, 0.3) is 0 Å². The molecule has 0 atom stereocenters. The van der Waals surface area contributed by atoms with Gasteiger partial charge in [-0.15, -0.1) is 0 Å². The maximum Gasteiger partial charge on any atom is 0.231 e. The number of nitrogens with zero attached hydrogens (tertiary/aromatic N) is 4. The predicted molar refractivity (Wildman–Crippen MR) is 125 cm³/mol. The molecule has 4 aromatic rings. The van der Waals surface area contributed by atoms with Crippen LogP contribution in [-0.2, 0) is 6.54 Å². The monoisotopic (exact) mass is 439 g/mol. The normalized spacial score (nSPS) is 16.2. The number of H-pyrrole nitrogens is 1. The summed E-state index contributed by atoms with van der Waals surface area (Å²) in [4.78, 5) is 19.9. The van der Waals surface area contributed by atoms with Crippen LogP contribution in [0.4, 0.5) is 0 Å². The zero-order chi connectivity index (χ0) is 22.0. The molecule has 7 nitrogen and oxygen atoms in total. The lowest BCUT2D eigenvalue weighted by atomic mass is 9.96. The Morgan fingerprint density at radius 1 is 0.939 bits per heavy atom. The van der Waals surface area contributed by atoms with E-state index in [2.05, 4.69) is 32.0 Å². The van der Waals surface area contributed by atoms with Crippen LogP contribution in [0.1, 0.15) is 30.1 Å². The Hall–Kier alpha value is -3.71. The summed E-state index contributed by atoms with van der Waals surface area (Å²) in [6.07, 6.45) is 7.68. The average molecular weight is 440 g/mol. The second-order valence-electron chi connectivity index (χ2n) is 8.53. The van der Waals surface area contributed by atoms with E-state index in [1.807, 2.05) is 55.0 Å². The Bertz CT molecular complexity index is 1230. The van der Waals surface area contributed by atoms with E-state index in [0.717, 1.165) is 72.4 Å². The highest BCUT2D eigenvalue weighted by Gasteiger charge is 2.26. The number of aromatic nitrogens is 4. The minimum Gasteiger partial charge on any atom is -0.454 e. The van der Waals surface area contributed by atoms with Crippen LogP contribution >= 0.6 is 0 Å². The van der Waals surface area contributed by atoms with E-state index in [0.29, 0.717) is 5.92 Å². The molecule has 1 fully saturated rings. The van der Waals surface area contributed by atoms with Crippen LogP contribution in [0, 0.1) is 0 Å². The predicted octanol–water partition coefficient (Wildman–Crippen LogP) is 4.64. The summed E-state index contributed by atoms with van der Waals surface area (Å²) < 4.78 is 11.1. The zero-order valence-corrected chi connectivity index (χ0v) is 18.3. The number of ether oxygens (including phenoxy) is 2. The van der Waals surface area contributed by atoms with Crippen LogP contribution in [0.2, 0.25) is 0 Å². The van der Waals surface area contributed by atoms with Crippen molar-refractivity contribution >= 4 is 0 Å². The van der Waals surface area contributed by atoms with E-state index < -0.39 is 0 Å². The Morgan fingerprint density at radius 2 is 1.79 bits per heavy atom. The Labute approximate surface area is 192 Å². The molecule has 6 rings (SSSR count). The van der Waals surface area contributed by atoms with E-state index in [4.69, 9.17) is 14.5 Å². The van der Waals surface area contributed by atoms with Crippen LogP contribution in [0.15, 0.2) is 67.1 Å². The fourth-order valence-electron chi connectivity index (χ4n) is 4.64. The van der Waals surface area contributed by atoms with Gasteiger partial charge >= 0.3 is 0 Å². The molecule has 1 aromatic carbocycles. The first-order valence-electron chi connectivity index (χ1n) is 11.4. The van der Waals surface area contributed by atoms with E-state index in [1.54, 1.807) is 0 Å². The summed E-state index contributed by atoms with van der Waals surface area (Å²) in [6, 6.07) is 16.1. The lowest BCUT2D eigenvalue weighted by Crippen LogP contribution is -2.32. The van der Waals surface area contributed by atoms with Crippen molar-refractivity contribution in [3.05, 3.63) is 78.5 Å². The Kier molecular flexibility index (Phi) is 5.24. The van der Waals surface area contributed by atoms with Gasteiger partial charge in [-0.3, -0.25) is 14.9 Å². The van der Waals surface area contributed by atoms with Gasteiger partial charge in [-0.2, -0.15) is 0 Å². The highest BCUT2D eigenvalue weighted by molar-refractivity contribution is 5.78. The third kappa shape index (κ3) is 4.07. The molecule has 0 unspecified atom stereocenters. The van der Waals surface area contributed by atoms with Crippen LogP contribution in [0.5, 0.6) is 11.5 Å². The maximum atomic E-state index is 5.60. The lowest BCUT2D eigenvalue weighted by Gasteiger charge is -2.31. The fraction of sp³-hybridized carbons (Fsp3) is 0.269. The quantitative estimate of drug-likeness (QED) is 0.488. The molecule has 1 saturated heterocycles. The van der Waals surface area contributed by atoms with E-state index in [1.165, 1.54) is 5.56 Å². The van der Waals surface area contributed by atoms with Gasteiger partial charge in [-0.25, -0.2) is 4.98 Å². The number of hydrogen-bond donors (Lipinski definition) is 1. The van der Waals surface area contributed by atoms with Crippen molar-refractivity contribution in [3.8, 4) is 34.1 Å². The van der Waals surface area contributed by atoms with Crippen LogP contribution in [0.3, 0.4) is 0 Å². The molecule has 2 aliphatic rings. The summed E-state index contributed by atoms with van der Waals surface area (Å²) in [6.45, 7) is 3.32. The van der Waals surface area contributed by atoms with Crippen molar-refractivity contribution in [2.45, 2.75) is 25.3 Å². The minimum absolute atomic E-state index is 0.260. The maximum absolute atomic E-state index is 5.60. The molecule has 0 amide bonds. The first-order valence-corrected chi connectivity index (χ1v) is 11.4. The van der Waals surface area contributed by atoms with Crippen LogP contribution in [0.25, 0.3) is 22.6 Å². The SMILES string of the molecule is c1ccc(-c2[nH]c(C3CCN(Cc4ccncc4)CC3)nc2-c2ccc3c(c2)OCO3)nc1. The van der Waals surface area contributed by atoms with E-state index in [9.17, 15) is 0 Å². The number of rotatable bonds is 5. The van der Waals surface area contributed by atoms with Gasteiger partial charge in [0.15, 0.2) is 11.5 Å². The minimum atomic E-state index is 0.260. The highest BCUT2D eigenvalue weighted by atomic mass is 16.7. The molecule has 0 bridgehead atoms. The molecule has 33 heavy (non-hydrogen) atoms. The van der Waals surface area contributed by atoms with Crippen molar-refractivity contribution in [1.82, 2.24) is 24.8 Å². The summed E-state index contributed by atoms with van der Waals surface area (Å²) in [7, 11) is 0. The molecule has 7 heteroatoms. The molecule has 0 aliphatic carbocycles. The van der Waals surface area contributed by atoms with Gasteiger partial charge in [0.1, 0.15) is 5.82 Å². The topological polar surface area (TPSA) is 76.2 Å². The molecule has 0 spiro atoms. The number of piperidine rings is 1. The molecule has 2 aliphatic heterocycles. The van der Waals surface area contributed by atoms with Crippen molar-refractivity contribution in [2.75, 3.05) is 19.9 Å². The van der Waals surface area contributed by atoms with Crippen molar-refractivity contribution in [2.24, 2.45) is 0 Å². The average Bonchev–Trinajstić information content (AvgIpc) is 3.53. The summed E-state index contributed by atoms with van der Waals surface area (Å²) in [5.74, 6) is 2.96. The van der Waals surface area contributed by atoms with Gasteiger partial charge in [0.2, 0.25) is 6.79 Å². The van der Waals surface area contributed by atoms with Crippen molar-refractivity contribution < 1.29 is 9.47 Å². The van der Waals surface area contributed by atoms with Gasteiger partial charge in [0.05, 0.1) is 17.1 Å². The standard InChI is InChI=1S/C26H25N5O2/c1-2-10-28-21(3-1)25-24(20-4-5-22-23(15-20)33-17-32-22)29-26(30-25)19-8-13-31(14-9-19)16-18-6-11-27-12-7-18/h1-7,10-12,15,19H,8-9,13-14,16-17H2,(H,29,30). The summed E-state index contributed by atoms with van der Waals surface area (Å²) in [5, 5.41) is 0. The largest absolute Gasteiger partial charge is 0.454 e. The van der Waals surface area contributed by atoms with E-state index >= 15 is 0 Å². The second-order valence-corrected chi connectivity index (χ2v) is 8.53. The van der Waals surface area contributed by atoms with E-state index in [-0.39, 0.29) is 6.79 Å². The summed E-state index contributed by atoms with van der Waals surface area (Å²) >= 11 is 0.